The molecule has 0 spiro atoms. The highest BCUT2D eigenvalue weighted by molar-refractivity contribution is 6.00. The van der Waals surface area contributed by atoms with Gasteiger partial charge in [-0.15, -0.1) is 0 Å². The van der Waals surface area contributed by atoms with Crippen molar-refractivity contribution in [3.8, 4) is 5.75 Å². The highest BCUT2D eigenvalue weighted by Gasteiger charge is 2.36. The summed E-state index contributed by atoms with van der Waals surface area (Å²) in [4.78, 5) is 28.3. The largest absolute Gasteiger partial charge is 0.494 e. The highest BCUT2D eigenvalue weighted by atomic mass is 19.1. The van der Waals surface area contributed by atoms with Crippen LogP contribution in [0.4, 0.5) is 10.1 Å². The van der Waals surface area contributed by atoms with E-state index in [1.165, 1.54) is 18.1 Å². The summed E-state index contributed by atoms with van der Waals surface area (Å²) in [5.41, 5.74) is 2.59. The van der Waals surface area contributed by atoms with Crippen molar-refractivity contribution < 1.29 is 18.7 Å². The fourth-order valence-corrected chi connectivity index (χ4v) is 3.32. The Bertz CT molecular complexity index is 851. The van der Waals surface area contributed by atoms with Crippen molar-refractivity contribution in [2.45, 2.75) is 19.9 Å². The fourth-order valence-electron chi connectivity index (χ4n) is 3.32. The molecule has 0 saturated carbocycles. The fraction of sp³-hybridized carbons (Fsp3) is 0.333. The highest BCUT2D eigenvalue weighted by Crippen LogP contribution is 2.27. The summed E-state index contributed by atoms with van der Waals surface area (Å²) < 4.78 is 18.7. The number of hydrogen-bond donors (Lipinski definition) is 0. The molecule has 6 heteroatoms. The van der Waals surface area contributed by atoms with Crippen molar-refractivity contribution in [1.82, 2.24) is 4.90 Å². The third kappa shape index (κ3) is 4.10. The average Bonchev–Trinajstić information content (AvgIpc) is 3.03. The molecule has 1 heterocycles. The van der Waals surface area contributed by atoms with E-state index < -0.39 is 11.7 Å². The maximum absolute atomic E-state index is 13.8. The number of anilines is 1. The molecular weight excluding hydrogens is 347 g/mol. The van der Waals surface area contributed by atoms with Gasteiger partial charge in [0.1, 0.15) is 0 Å². The van der Waals surface area contributed by atoms with Gasteiger partial charge in [0.2, 0.25) is 11.8 Å². The number of carbonyl (C=O) groups is 2. The topological polar surface area (TPSA) is 49.9 Å². The molecule has 2 aromatic carbocycles. The third-order valence-electron chi connectivity index (χ3n) is 4.83. The van der Waals surface area contributed by atoms with Crippen molar-refractivity contribution >= 4 is 17.5 Å². The molecule has 0 aliphatic carbocycles. The zero-order valence-corrected chi connectivity index (χ0v) is 15.7. The summed E-state index contributed by atoms with van der Waals surface area (Å²) in [7, 11) is 3.08. The van der Waals surface area contributed by atoms with Crippen LogP contribution in [0.3, 0.4) is 0 Å². The number of methoxy groups -OCH3 is 1. The summed E-state index contributed by atoms with van der Waals surface area (Å²) in [5, 5.41) is 0. The van der Waals surface area contributed by atoms with Crippen molar-refractivity contribution in [1.29, 1.82) is 0 Å². The number of halogens is 1. The van der Waals surface area contributed by atoms with Gasteiger partial charge in [-0.3, -0.25) is 9.59 Å². The average molecular weight is 370 g/mol. The molecule has 1 fully saturated rings. The predicted octanol–water partition coefficient (Wildman–Crippen LogP) is 3.15. The summed E-state index contributed by atoms with van der Waals surface area (Å²) >= 11 is 0. The molecule has 0 bridgehead atoms. The van der Waals surface area contributed by atoms with Crippen molar-refractivity contribution in [3.63, 3.8) is 0 Å². The Kier molecular flexibility index (Phi) is 5.44. The molecule has 27 heavy (non-hydrogen) atoms. The van der Waals surface area contributed by atoms with Gasteiger partial charge in [-0.2, -0.15) is 0 Å². The Morgan fingerprint density at radius 1 is 1.26 bits per heavy atom. The first kappa shape index (κ1) is 18.9. The zero-order chi connectivity index (χ0) is 19.6. The molecule has 1 unspecified atom stereocenters. The van der Waals surface area contributed by atoms with E-state index in [0.29, 0.717) is 12.1 Å². The molecule has 0 N–H and O–H groups in total. The van der Waals surface area contributed by atoms with Crippen LogP contribution in [0.1, 0.15) is 17.5 Å². The standard InChI is InChI=1S/C21H23FN2O3/c1-14-4-7-17(8-5-14)24-13-16(11-20(24)25)21(26)23(2)12-15-6-9-19(27-3)18(22)10-15/h4-10,16H,11-13H2,1-3H3. The van der Waals surface area contributed by atoms with Crippen LogP contribution in [-0.4, -0.2) is 37.4 Å². The summed E-state index contributed by atoms with van der Waals surface area (Å²) in [6.07, 6.45) is 0.189. The van der Waals surface area contributed by atoms with Crippen molar-refractivity contribution in [3.05, 3.63) is 59.4 Å². The van der Waals surface area contributed by atoms with Gasteiger partial charge < -0.3 is 14.5 Å². The second kappa shape index (κ2) is 7.78. The number of ether oxygens (including phenoxy) is 1. The van der Waals surface area contributed by atoms with E-state index in [1.807, 2.05) is 31.2 Å². The maximum atomic E-state index is 13.8. The molecule has 1 aliphatic rings. The van der Waals surface area contributed by atoms with Gasteiger partial charge in [0.15, 0.2) is 11.6 Å². The second-order valence-corrected chi connectivity index (χ2v) is 6.90. The first-order valence-electron chi connectivity index (χ1n) is 8.83. The van der Waals surface area contributed by atoms with E-state index in [0.717, 1.165) is 11.3 Å². The quantitative estimate of drug-likeness (QED) is 0.812. The van der Waals surface area contributed by atoms with Gasteiger partial charge in [0, 0.05) is 32.2 Å². The summed E-state index contributed by atoms with van der Waals surface area (Å²) in [6.45, 7) is 2.62. The number of nitrogens with zero attached hydrogens (tertiary/aromatic N) is 2. The number of aryl methyl sites for hydroxylation is 1. The third-order valence-corrected chi connectivity index (χ3v) is 4.83. The molecular formula is C21H23FN2O3. The summed E-state index contributed by atoms with van der Waals surface area (Å²) in [6, 6.07) is 12.3. The normalized spacial score (nSPS) is 16.5. The Hall–Kier alpha value is -2.89. The van der Waals surface area contributed by atoms with E-state index in [1.54, 1.807) is 24.1 Å². The minimum atomic E-state index is -0.461. The van der Waals surface area contributed by atoms with Crippen molar-refractivity contribution in [2.24, 2.45) is 5.92 Å². The zero-order valence-electron chi connectivity index (χ0n) is 15.7. The minimum absolute atomic E-state index is 0.0545. The van der Waals surface area contributed by atoms with E-state index in [-0.39, 0.29) is 30.5 Å². The first-order chi connectivity index (χ1) is 12.9. The molecule has 2 amide bonds. The maximum Gasteiger partial charge on any atom is 0.228 e. The monoisotopic (exact) mass is 370 g/mol. The Morgan fingerprint density at radius 2 is 1.96 bits per heavy atom. The Morgan fingerprint density at radius 3 is 2.59 bits per heavy atom. The number of rotatable bonds is 5. The van der Waals surface area contributed by atoms with Crippen LogP contribution in [0.25, 0.3) is 0 Å². The van der Waals surface area contributed by atoms with Gasteiger partial charge >= 0.3 is 0 Å². The molecule has 2 aromatic rings. The second-order valence-electron chi connectivity index (χ2n) is 6.90. The molecule has 1 atom stereocenters. The number of amides is 2. The molecule has 5 nitrogen and oxygen atoms in total. The molecule has 1 aliphatic heterocycles. The SMILES string of the molecule is COc1ccc(CN(C)C(=O)C2CC(=O)N(c3ccc(C)cc3)C2)cc1F. The number of benzene rings is 2. The smallest absolute Gasteiger partial charge is 0.228 e. The number of hydrogen-bond acceptors (Lipinski definition) is 3. The van der Waals surface area contributed by atoms with Crippen LogP contribution >= 0.6 is 0 Å². The van der Waals surface area contributed by atoms with Crippen LogP contribution in [-0.2, 0) is 16.1 Å². The first-order valence-corrected chi connectivity index (χ1v) is 8.83. The summed E-state index contributed by atoms with van der Waals surface area (Å²) in [5.74, 6) is -0.859. The molecule has 0 aromatic heterocycles. The van der Waals surface area contributed by atoms with Gasteiger partial charge in [-0.25, -0.2) is 4.39 Å². The Labute approximate surface area is 158 Å². The van der Waals surface area contributed by atoms with E-state index >= 15 is 0 Å². The minimum Gasteiger partial charge on any atom is -0.494 e. The lowest BCUT2D eigenvalue weighted by atomic mass is 10.1. The predicted molar refractivity (Wildman–Crippen MR) is 101 cm³/mol. The van der Waals surface area contributed by atoms with Crippen LogP contribution in [0.2, 0.25) is 0 Å². The van der Waals surface area contributed by atoms with E-state index in [2.05, 4.69) is 0 Å². The van der Waals surface area contributed by atoms with Crippen LogP contribution < -0.4 is 9.64 Å². The number of carbonyl (C=O) groups excluding carboxylic acids is 2. The lowest BCUT2D eigenvalue weighted by Gasteiger charge is -2.22. The van der Waals surface area contributed by atoms with E-state index in [9.17, 15) is 14.0 Å². The van der Waals surface area contributed by atoms with Gasteiger partial charge in [0.05, 0.1) is 13.0 Å². The van der Waals surface area contributed by atoms with Crippen LogP contribution in [0, 0.1) is 18.7 Å². The molecule has 1 saturated heterocycles. The lowest BCUT2D eigenvalue weighted by molar-refractivity contribution is -0.135. The van der Waals surface area contributed by atoms with Crippen molar-refractivity contribution in [2.75, 3.05) is 25.6 Å². The molecule has 3 rings (SSSR count). The van der Waals surface area contributed by atoms with Crippen LogP contribution in [0.15, 0.2) is 42.5 Å². The Balaban J connectivity index is 1.66. The van der Waals surface area contributed by atoms with Gasteiger partial charge in [0.25, 0.3) is 0 Å². The lowest BCUT2D eigenvalue weighted by Crippen LogP contribution is -2.34. The van der Waals surface area contributed by atoms with Crippen LogP contribution in [0.5, 0.6) is 5.75 Å². The molecule has 0 radical (unpaired) electrons. The van der Waals surface area contributed by atoms with Gasteiger partial charge in [-0.05, 0) is 36.8 Å². The van der Waals surface area contributed by atoms with Gasteiger partial charge in [-0.1, -0.05) is 23.8 Å². The van der Waals surface area contributed by atoms with E-state index in [4.69, 9.17) is 4.74 Å². The molecule has 142 valence electrons.